The number of unbranched alkanes of at least 4 members (excludes halogenated alkanes) is 13. The van der Waals surface area contributed by atoms with Crippen LogP contribution in [0, 0.1) is 0 Å². The van der Waals surface area contributed by atoms with Crippen LogP contribution < -0.4 is 0 Å². The van der Waals surface area contributed by atoms with Crippen molar-refractivity contribution in [1.29, 1.82) is 0 Å². The molecule has 1 saturated heterocycles. The van der Waals surface area contributed by atoms with Crippen molar-refractivity contribution in [2.75, 3.05) is 13.2 Å². The number of Topliss-reactive ketones (excluding diaryl/α,β-unsaturated/α-hetero) is 1. The van der Waals surface area contributed by atoms with Crippen molar-refractivity contribution in [2.45, 2.75) is 134 Å². The van der Waals surface area contributed by atoms with E-state index in [4.69, 9.17) is 14.6 Å². The van der Waals surface area contributed by atoms with Crippen molar-refractivity contribution in [3.05, 3.63) is 0 Å². The van der Waals surface area contributed by atoms with Crippen LogP contribution in [0.4, 0.5) is 0 Å². The van der Waals surface area contributed by atoms with Crippen LogP contribution in [-0.2, 0) is 14.3 Å². The van der Waals surface area contributed by atoms with Gasteiger partial charge in [-0.2, -0.15) is 0 Å². The number of hydrogen-bond donors (Lipinski definition) is 4. The van der Waals surface area contributed by atoms with E-state index in [1.165, 1.54) is 70.6 Å². The summed E-state index contributed by atoms with van der Waals surface area (Å²) in [6, 6.07) is 0. The van der Waals surface area contributed by atoms with E-state index < -0.39 is 37.3 Å². The van der Waals surface area contributed by atoms with Crippen molar-refractivity contribution >= 4 is 5.78 Å². The molecule has 0 unspecified atom stereocenters. The van der Waals surface area contributed by atoms with Crippen LogP contribution in [0.1, 0.15) is 103 Å². The smallest absolute Gasteiger partial charge is 0.187 e. The highest BCUT2D eigenvalue weighted by Gasteiger charge is 2.44. The number of carbonyl (C=O) groups is 1. The highest BCUT2D eigenvalue weighted by molar-refractivity contribution is 5.79. The molecule has 31 heavy (non-hydrogen) atoms. The number of hydrogen-bond acceptors (Lipinski definition) is 7. The Morgan fingerprint density at radius 2 is 1.23 bits per heavy atom. The minimum Gasteiger partial charge on any atom is -0.394 e. The van der Waals surface area contributed by atoms with Crippen LogP contribution in [0.5, 0.6) is 0 Å². The molecule has 1 rings (SSSR count). The summed E-state index contributed by atoms with van der Waals surface area (Å²) in [6.07, 6.45) is 11.4. The average Bonchev–Trinajstić information content (AvgIpc) is 2.77. The summed E-state index contributed by atoms with van der Waals surface area (Å²) >= 11 is 0. The first kappa shape index (κ1) is 28.5. The normalized spacial score (nSPS) is 26.3. The number of ketones is 1. The van der Waals surface area contributed by atoms with Crippen LogP contribution in [0.2, 0.25) is 0 Å². The molecule has 1 aliphatic rings. The van der Waals surface area contributed by atoms with Gasteiger partial charge in [0.25, 0.3) is 0 Å². The van der Waals surface area contributed by atoms with Crippen LogP contribution in [-0.4, -0.2) is 70.1 Å². The minimum atomic E-state index is -1.49. The first-order valence-electron chi connectivity index (χ1n) is 12.4. The van der Waals surface area contributed by atoms with E-state index in [1.807, 2.05) is 0 Å². The molecule has 1 fully saturated rings. The maximum absolute atomic E-state index is 12.0. The van der Waals surface area contributed by atoms with Gasteiger partial charge in [-0.05, 0) is 6.42 Å². The highest BCUT2D eigenvalue weighted by atomic mass is 16.7. The second-order valence-electron chi connectivity index (χ2n) is 8.89. The van der Waals surface area contributed by atoms with Crippen molar-refractivity contribution in [1.82, 2.24) is 0 Å². The summed E-state index contributed by atoms with van der Waals surface area (Å²) < 4.78 is 10.5. The number of aliphatic hydroxyl groups excluding tert-OH is 4. The third-order valence-electron chi connectivity index (χ3n) is 6.07. The molecule has 0 saturated carbocycles. The van der Waals surface area contributed by atoms with E-state index >= 15 is 0 Å². The molecule has 0 aromatic rings. The number of ether oxygens (including phenoxy) is 2. The van der Waals surface area contributed by atoms with Gasteiger partial charge in [-0.15, -0.1) is 0 Å². The molecular weight excluding hydrogens is 400 g/mol. The van der Waals surface area contributed by atoms with E-state index in [9.17, 15) is 20.1 Å². The van der Waals surface area contributed by atoms with Crippen LogP contribution in [0.15, 0.2) is 0 Å². The van der Waals surface area contributed by atoms with E-state index in [2.05, 4.69) is 6.92 Å². The average molecular weight is 447 g/mol. The third kappa shape index (κ3) is 12.3. The van der Waals surface area contributed by atoms with Gasteiger partial charge < -0.3 is 29.9 Å². The summed E-state index contributed by atoms with van der Waals surface area (Å²) in [6.45, 7) is 1.51. The Morgan fingerprint density at radius 3 is 1.71 bits per heavy atom. The summed E-state index contributed by atoms with van der Waals surface area (Å²) in [7, 11) is 0. The summed E-state index contributed by atoms with van der Waals surface area (Å²) in [5, 5.41) is 38.5. The fourth-order valence-corrected chi connectivity index (χ4v) is 3.97. The molecule has 0 aromatic carbocycles. The van der Waals surface area contributed by atoms with Crippen LogP contribution in [0.25, 0.3) is 0 Å². The molecule has 0 aromatic heterocycles. The molecule has 7 heteroatoms. The maximum Gasteiger partial charge on any atom is 0.187 e. The van der Waals surface area contributed by atoms with E-state index in [0.29, 0.717) is 6.42 Å². The van der Waals surface area contributed by atoms with Gasteiger partial charge in [-0.25, -0.2) is 0 Å². The number of rotatable bonds is 19. The first-order valence-corrected chi connectivity index (χ1v) is 12.4. The Labute approximate surface area is 188 Å². The molecule has 4 N–H and O–H groups in total. The second-order valence-corrected chi connectivity index (χ2v) is 8.89. The predicted molar refractivity (Wildman–Crippen MR) is 120 cm³/mol. The zero-order chi connectivity index (χ0) is 22.9. The largest absolute Gasteiger partial charge is 0.394 e. The fourth-order valence-electron chi connectivity index (χ4n) is 3.97. The molecule has 5 atom stereocenters. The standard InChI is InChI=1S/C24H46O7/c1-2-3-4-5-6-7-8-9-10-11-12-13-14-15-16-19(26)18-30-24-23(29)22(28)21(27)20(17-25)31-24/h20-25,27-29H,2-18H2,1H3/t20-,21-,22+,23-,24-/m1/s1. The molecular formula is C24H46O7. The van der Waals surface area contributed by atoms with E-state index in [-0.39, 0.29) is 12.4 Å². The monoisotopic (exact) mass is 446 g/mol. The molecule has 0 amide bonds. The molecule has 0 aliphatic carbocycles. The summed E-state index contributed by atoms with van der Waals surface area (Å²) in [5.41, 5.74) is 0. The van der Waals surface area contributed by atoms with E-state index in [1.54, 1.807) is 0 Å². The van der Waals surface area contributed by atoms with E-state index in [0.717, 1.165) is 19.3 Å². The Bertz CT molecular complexity index is 444. The van der Waals surface area contributed by atoms with Gasteiger partial charge in [0.05, 0.1) is 6.61 Å². The molecule has 0 radical (unpaired) electrons. The Morgan fingerprint density at radius 1 is 0.742 bits per heavy atom. The first-order chi connectivity index (χ1) is 15.0. The van der Waals surface area contributed by atoms with Gasteiger partial charge in [0, 0.05) is 6.42 Å². The van der Waals surface area contributed by atoms with Gasteiger partial charge in [0.15, 0.2) is 12.1 Å². The lowest BCUT2D eigenvalue weighted by Gasteiger charge is -2.39. The molecule has 184 valence electrons. The summed E-state index contributed by atoms with van der Waals surface area (Å²) in [5.74, 6) is -0.0871. The van der Waals surface area contributed by atoms with Gasteiger partial charge in [0.2, 0.25) is 0 Å². The van der Waals surface area contributed by atoms with Crippen molar-refractivity contribution in [3.8, 4) is 0 Å². The summed E-state index contributed by atoms with van der Waals surface area (Å²) in [4.78, 5) is 12.0. The lowest BCUT2D eigenvalue weighted by molar-refractivity contribution is -0.299. The van der Waals surface area contributed by atoms with Gasteiger partial charge in [0.1, 0.15) is 31.0 Å². The molecule has 0 bridgehead atoms. The van der Waals surface area contributed by atoms with Crippen LogP contribution in [0.3, 0.4) is 0 Å². The quantitative estimate of drug-likeness (QED) is 0.225. The highest BCUT2D eigenvalue weighted by Crippen LogP contribution is 2.22. The molecule has 0 spiro atoms. The fraction of sp³-hybridized carbons (Fsp3) is 0.958. The lowest BCUT2D eigenvalue weighted by atomic mass is 9.99. The Balaban J connectivity index is 1.95. The van der Waals surface area contributed by atoms with Crippen molar-refractivity contribution < 1.29 is 34.7 Å². The van der Waals surface area contributed by atoms with Gasteiger partial charge in [-0.1, -0.05) is 90.4 Å². The Kier molecular flexibility index (Phi) is 16.5. The van der Waals surface area contributed by atoms with Crippen LogP contribution >= 0.6 is 0 Å². The second kappa shape index (κ2) is 17.9. The van der Waals surface area contributed by atoms with Gasteiger partial charge >= 0.3 is 0 Å². The lowest BCUT2D eigenvalue weighted by Crippen LogP contribution is -2.59. The topological polar surface area (TPSA) is 116 Å². The minimum absolute atomic E-state index is 0.0871. The Hall–Kier alpha value is -0.570. The third-order valence-corrected chi connectivity index (χ3v) is 6.07. The molecule has 1 aliphatic heterocycles. The zero-order valence-corrected chi connectivity index (χ0v) is 19.4. The number of carbonyl (C=O) groups excluding carboxylic acids is 1. The van der Waals surface area contributed by atoms with Gasteiger partial charge in [-0.3, -0.25) is 4.79 Å². The predicted octanol–water partition coefficient (Wildman–Crippen LogP) is 3.24. The van der Waals surface area contributed by atoms with Crippen molar-refractivity contribution in [2.24, 2.45) is 0 Å². The maximum atomic E-state index is 12.0. The molecule has 7 nitrogen and oxygen atoms in total. The SMILES string of the molecule is CCCCCCCCCCCCCCCCC(=O)CO[C@@H]1O[C@H](CO)[C@@H](O)[C@H](O)[C@H]1O. The number of aliphatic hydroxyl groups is 4. The zero-order valence-electron chi connectivity index (χ0n) is 19.4. The van der Waals surface area contributed by atoms with Crippen molar-refractivity contribution in [3.63, 3.8) is 0 Å². The molecule has 1 heterocycles.